The first-order chi connectivity index (χ1) is 8.68. The van der Waals surface area contributed by atoms with E-state index in [1.54, 1.807) is 0 Å². The van der Waals surface area contributed by atoms with E-state index in [1.165, 1.54) is 38.5 Å². The summed E-state index contributed by atoms with van der Waals surface area (Å²) in [5, 5.41) is 3.37. The van der Waals surface area contributed by atoms with Crippen LogP contribution in [0.2, 0.25) is 0 Å². The number of nitrogens with one attached hydrogen (secondary N) is 1. The molecule has 4 heteroatoms. The van der Waals surface area contributed by atoms with Gasteiger partial charge in [0.25, 0.3) is 0 Å². The van der Waals surface area contributed by atoms with Crippen molar-refractivity contribution in [1.29, 1.82) is 0 Å². The van der Waals surface area contributed by atoms with Crippen LogP contribution in [0.5, 0.6) is 0 Å². The maximum atomic E-state index is 5.98. The third-order valence-electron chi connectivity index (χ3n) is 4.09. The van der Waals surface area contributed by atoms with Crippen molar-refractivity contribution in [3.8, 4) is 0 Å². The molecule has 0 aromatic carbocycles. The molecule has 0 aromatic heterocycles. The molecule has 3 N–H and O–H groups in total. The van der Waals surface area contributed by atoms with Crippen molar-refractivity contribution >= 4 is 5.96 Å². The van der Waals surface area contributed by atoms with E-state index in [0.29, 0.717) is 18.5 Å². The first-order valence-electron chi connectivity index (χ1n) is 7.38. The second kappa shape index (κ2) is 6.41. The molecule has 104 valence electrons. The van der Waals surface area contributed by atoms with Gasteiger partial charge in [-0.15, -0.1) is 0 Å². The summed E-state index contributed by atoms with van der Waals surface area (Å²) < 4.78 is 5.71. The van der Waals surface area contributed by atoms with E-state index in [-0.39, 0.29) is 5.60 Å². The van der Waals surface area contributed by atoms with Crippen LogP contribution in [-0.4, -0.2) is 30.8 Å². The van der Waals surface area contributed by atoms with Gasteiger partial charge in [0.05, 0.1) is 12.1 Å². The summed E-state index contributed by atoms with van der Waals surface area (Å²) in [7, 11) is 0. The van der Waals surface area contributed by atoms with Crippen molar-refractivity contribution in [1.82, 2.24) is 5.32 Å². The zero-order chi connectivity index (χ0) is 12.8. The standard InChI is InChI=1S/C14H27N3O/c1-14(9-6-10-18-14)11-16-13(15)17-12-7-4-2-3-5-8-12/h12H,2-11H2,1H3,(H3,15,16,17). The van der Waals surface area contributed by atoms with Gasteiger partial charge in [0, 0.05) is 12.6 Å². The lowest BCUT2D eigenvalue weighted by Crippen LogP contribution is -2.41. The molecule has 2 rings (SSSR count). The fourth-order valence-corrected chi connectivity index (χ4v) is 2.89. The van der Waals surface area contributed by atoms with E-state index < -0.39 is 0 Å². The molecule has 1 aliphatic heterocycles. The number of hydrogen-bond acceptors (Lipinski definition) is 2. The lowest BCUT2D eigenvalue weighted by Gasteiger charge is -2.22. The minimum Gasteiger partial charge on any atom is -0.373 e. The molecule has 1 unspecified atom stereocenters. The number of guanidine groups is 1. The molecule has 0 bridgehead atoms. The van der Waals surface area contributed by atoms with Crippen LogP contribution in [0.15, 0.2) is 4.99 Å². The predicted molar refractivity (Wildman–Crippen MR) is 74.7 cm³/mol. The summed E-state index contributed by atoms with van der Waals surface area (Å²) in [5.41, 5.74) is 5.89. The number of rotatable bonds is 3. The van der Waals surface area contributed by atoms with E-state index in [2.05, 4.69) is 17.2 Å². The van der Waals surface area contributed by atoms with Gasteiger partial charge in [0.2, 0.25) is 0 Å². The van der Waals surface area contributed by atoms with Crippen molar-refractivity contribution in [2.24, 2.45) is 10.7 Å². The van der Waals surface area contributed by atoms with Gasteiger partial charge in [-0.2, -0.15) is 0 Å². The van der Waals surface area contributed by atoms with Crippen LogP contribution in [0.25, 0.3) is 0 Å². The summed E-state index contributed by atoms with van der Waals surface area (Å²) in [6.45, 7) is 3.67. The second-order valence-corrected chi connectivity index (χ2v) is 5.94. The Morgan fingerprint density at radius 1 is 1.28 bits per heavy atom. The Bertz CT molecular complexity index is 277. The number of hydrogen-bond donors (Lipinski definition) is 2. The number of ether oxygens (including phenoxy) is 1. The zero-order valence-corrected chi connectivity index (χ0v) is 11.6. The Kier molecular flexibility index (Phi) is 4.87. The van der Waals surface area contributed by atoms with Crippen molar-refractivity contribution in [2.75, 3.05) is 13.2 Å². The molecule has 1 aliphatic carbocycles. The van der Waals surface area contributed by atoms with Crippen molar-refractivity contribution in [3.05, 3.63) is 0 Å². The summed E-state index contributed by atoms with van der Waals surface area (Å²) in [4.78, 5) is 4.46. The Morgan fingerprint density at radius 2 is 2.00 bits per heavy atom. The molecule has 1 atom stereocenters. The molecule has 4 nitrogen and oxygen atoms in total. The molecule has 0 aromatic rings. The molecule has 0 spiro atoms. The largest absolute Gasteiger partial charge is 0.373 e. The van der Waals surface area contributed by atoms with Crippen LogP contribution in [0.4, 0.5) is 0 Å². The van der Waals surface area contributed by atoms with Crippen LogP contribution in [0, 0.1) is 0 Å². The Labute approximate surface area is 110 Å². The average molecular weight is 253 g/mol. The molecule has 0 amide bonds. The van der Waals surface area contributed by atoms with Crippen LogP contribution in [-0.2, 0) is 4.74 Å². The highest BCUT2D eigenvalue weighted by Gasteiger charge is 2.29. The monoisotopic (exact) mass is 253 g/mol. The Hall–Kier alpha value is -0.770. The molecular formula is C14H27N3O. The lowest BCUT2D eigenvalue weighted by atomic mass is 10.0. The predicted octanol–water partition coefficient (Wildman–Crippen LogP) is 2.18. The van der Waals surface area contributed by atoms with E-state index in [4.69, 9.17) is 10.5 Å². The maximum absolute atomic E-state index is 5.98. The molecule has 2 fully saturated rings. The third-order valence-corrected chi connectivity index (χ3v) is 4.09. The van der Waals surface area contributed by atoms with Gasteiger partial charge in [-0.05, 0) is 32.6 Å². The normalized spacial score (nSPS) is 31.3. The van der Waals surface area contributed by atoms with E-state index >= 15 is 0 Å². The first kappa shape index (κ1) is 13.7. The van der Waals surface area contributed by atoms with Crippen LogP contribution in [0.3, 0.4) is 0 Å². The van der Waals surface area contributed by atoms with Crippen LogP contribution < -0.4 is 11.1 Å². The van der Waals surface area contributed by atoms with Gasteiger partial charge in [-0.3, -0.25) is 4.99 Å². The molecule has 1 saturated carbocycles. The molecule has 0 radical (unpaired) electrons. The topological polar surface area (TPSA) is 59.6 Å². The third kappa shape index (κ3) is 4.16. The van der Waals surface area contributed by atoms with E-state index in [1.807, 2.05) is 0 Å². The van der Waals surface area contributed by atoms with Gasteiger partial charge in [0.1, 0.15) is 0 Å². The lowest BCUT2D eigenvalue weighted by molar-refractivity contribution is 0.0284. The minimum atomic E-state index is -0.0875. The SMILES string of the molecule is CC1(CN=C(N)NC2CCCCCC2)CCCO1. The Balaban J connectivity index is 1.77. The zero-order valence-electron chi connectivity index (χ0n) is 11.6. The number of aliphatic imine (C=N–C) groups is 1. The van der Waals surface area contributed by atoms with Crippen LogP contribution >= 0.6 is 0 Å². The van der Waals surface area contributed by atoms with Crippen LogP contribution in [0.1, 0.15) is 58.3 Å². The summed E-state index contributed by atoms with van der Waals surface area (Å²) in [5.74, 6) is 0.596. The van der Waals surface area contributed by atoms with E-state index in [9.17, 15) is 0 Å². The average Bonchev–Trinajstić information content (AvgIpc) is 2.62. The fraction of sp³-hybridized carbons (Fsp3) is 0.929. The highest BCUT2D eigenvalue weighted by Crippen LogP contribution is 2.25. The van der Waals surface area contributed by atoms with Gasteiger partial charge in [0.15, 0.2) is 5.96 Å². The van der Waals surface area contributed by atoms with Gasteiger partial charge < -0.3 is 15.8 Å². The van der Waals surface area contributed by atoms with Crippen molar-refractivity contribution < 1.29 is 4.74 Å². The van der Waals surface area contributed by atoms with Gasteiger partial charge in [-0.1, -0.05) is 25.7 Å². The highest BCUT2D eigenvalue weighted by molar-refractivity contribution is 5.78. The van der Waals surface area contributed by atoms with Gasteiger partial charge >= 0.3 is 0 Å². The molecule has 1 heterocycles. The second-order valence-electron chi connectivity index (χ2n) is 5.94. The van der Waals surface area contributed by atoms with Gasteiger partial charge in [-0.25, -0.2) is 0 Å². The fourth-order valence-electron chi connectivity index (χ4n) is 2.89. The quantitative estimate of drug-likeness (QED) is 0.460. The number of nitrogens with zero attached hydrogens (tertiary/aromatic N) is 1. The molecule has 18 heavy (non-hydrogen) atoms. The van der Waals surface area contributed by atoms with Crippen molar-refractivity contribution in [2.45, 2.75) is 69.9 Å². The summed E-state index contributed by atoms with van der Waals surface area (Å²) in [6.07, 6.45) is 10.0. The molecule has 2 aliphatic rings. The van der Waals surface area contributed by atoms with Crippen molar-refractivity contribution in [3.63, 3.8) is 0 Å². The first-order valence-corrected chi connectivity index (χ1v) is 7.38. The minimum absolute atomic E-state index is 0.0875. The summed E-state index contributed by atoms with van der Waals surface area (Å²) >= 11 is 0. The summed E-state index contributed by atoms with van der Waals surface area (Å²) in [6, 6.07) is 0.522. The maximum Gasteiger partial charge on any atom is 0.188 e. The molecular weight excluding hydrogens is 226 g/mol. The highest BCUT2D eigenvalue weighted by atomic mass is 16.5. The smallest absolute Gasteiger partial charge is 0.188 e. The molecule has 1 saturated heterocycles. The number of nitrogens with two attached hydrogens (primary N) is 1. The van der Waals surface area contributed by atoms with E-state index in [0.717, 1.165) is 19.4 Å². The Morgan fingerprint density at radius 3 is 2.61 bits per heavy atom.